The standard InChI is InChI=1S/2C13H16N4O.H2O/c2*14-12-17-16-11(18-12)13(6-8-15-9-7-13)10-4-2-1-3-5-10;/h2*1-5,15H,6-9H2,(H2,14,17);1H2. The molecule has 4 aromatic rings. The first-order valence-corrected chi connectivity index (χ1v) is 12.3. The van der Waals surface area contributed by atoms with Gasteiger partial charge < -0.3 is 36.4 Å². The van der Waals surface area contributed by atoms with E-state index in [0.717, 1.165) is 51.9 Å². The molecule has 37 heavy (non-hydrogen) atoms. The molecule has 0 saturated carbocycles. The van der Waals surface area contributed by atoms with Gasteiger partial charge >= 0.3 is 12.0 Å². The fraction of sp³-hybridized carbons (Fsp3) is 0.385. The topological polar surface area (TPSA) is 185 Å². The van der Waals surface area contributed by atoms with E-state index in [4.69, 9.17) is 20.3 Å². The minimum atomic E-state index is -0.197. The van der Waals surface area contributed by atoms with Crippen LogP contribution in [0.25, 0.3) is 0 Å². The van der Waals surface area contributed by atoms with Gasteiger partial charge in [-0.15, -0.1) is 10.2 Å². The molecular weight excluding hydrogens is 472 g/mol. The molecule has 2 aromatic heterocycles. The van der Waals surface area contributed by atoms with E-state index >= 15 is 0 Å². The molecule has 0 atom stereocenters. The number of hydrogen-bond acceptors (Lipinski definition) is 10. The van der Waals surface area contributed by atoms with E-state index in [2.05, 4.69) is 55.3 Å². The first-order valence-electron chi connectivity index (χ1n) is 12.3. The maximum absolute atomic E-state index is 5.57. The van der Waals surface area contributed by atoms with Crippen molar-refractivity contribution >= 4 is 12.0 Å². The predicted octanol–water partition coefficient (Wildman–Crippen LogP) is 1.82. The smallest absolute Gasteiger partial charge is 0.312 e. The van der Waals surface area contributed by atoms with E-state index in [1.54, 1.807) is 0 Å². The highest BCUT2D eigenvalue weighted by molar-refractivity contribution is 5.34. The second-order valence-electron chi connectivity index (χ2n) is 9.29. The Labute approximate surface area is 215 Å². The summed E-state index contributed by atoms with van der Waals surface area (Å²) in [6.45, 7) is 3.77. The molecule has 2 saturated heterocycles. The number of piperidine rings is 2. The average Bonchev–Trinajstić information content (AvgIpc) is 3.60. The Morgan fingerprint density at radius 2 is 0.919 bits per heavy atom. The summed E-state index contributed by atoms with van der Waals surface area (Å²) in [6.07, 6.45) is 3.77. The van der Waals surface area contributed by atoms with Crippen LogP contribution in [-0.2, 0) is 10.8 Å². The molecule has 0 unspecified atom stereocenters. The molecule has 6 rings (SSSR count). The molecule has 0 radical (unpaired) electrons. The Hall–Kier alpha value is -3.80. The summed E-state index contributed by atoms with van der Waals surface area (Å²) >= 11 is 0. The van der Waals surface area contributed by atoms with Crippen molar-refractivity contribution in [3.05, 3.63) is 83.6 Å². The third-order valence-electron chi connectivity index (χ3n) is 7.27. The number of nitrogen functional groups attached to an aromatic ring is 2. The molecule has 0 spiro atoms. The summed E-state index contributed by atoms with van der Waals surface area (Å²) in [4.78, 5) is 0. The molecule has 2 aromatic carbocycles. The predicted molar refractivity (Wildman–Crippen MR) is 140 cm³/mol. The minimum absolute atomic E-state index is 0. The monoisotopic (exact) mass is 506 g/mol. The maximum Gasteiger partial charge on any atom is 0.312 e. The van der Waals surface area contributed by atoms with Gasteiger partial charge in [0, 0.05) is 0 Å². The van der Waals surface area contributed by atoms with Crippen molar-refractivity contribution in [3.63, 3.8) is 0 Å². The van der Waals surface area contributed by atoms with E-state index in [1.807, 2.05) is 36.4 Å². The fourth-order valence-electron chi connectivity index (χ4n) is 5.33. The van der Waals surface area contributed by atoms with Gasteiger partial charge in [0.1, 0.15) is 0 Å². The van der Waals surface area contributed by atoms with Crippen LogP contribution in [0.1, 0.15) is 48.6 Å². The molecule has 0 bridgehead atoms. The highest BCUT2D eigenvalue weighted by Crippen LogP contribution is 2.40. The third-order valence-corrected chi connectivity index (χ3v) is 7.27. The van der Waals surface area contributed by atoms with Gasteiger partial charge in [-0.2, -0.15) is 0 Å². The summed E-state index contributed by atoms with van der Waals surface area (Å²) in [5.74, 6) is 1.26. The highest BCUT2D eigenvalue weighted by atomic mass is 16.4. The quantitative estimate of drug-likeness (QED) is 0.318. The van der Waals surface area contributed by atoms with Gasteiger partial charge in [0.15, 0.2) is 0 Å². The summed E-state index contributed by atoms with van der Waals surface area (Å²) in [6, 6.07) is 20.9. The molecule has 11 nitrogen and oxygen atoms in total. The summed E-state index contributed by atoms with van der Waals surface area (Å²) in [5.41, 5.74) is 13.2. The van der Waals surface area contributed by atoms with Crippen LogP contribution in [-0.4, -0.2) is 52.0 Å². The van der Waals surface area contributed by atoms with Crippen molar-refractivity contribution < 1.29 is 14.3 Å². The van der Waals surface area contributed by atoms with Gasteiger partial charge in [0.05, 0.1) is 10.8 Å². The lowest BCUT2D eigenvalue weighted by Gasteiger charge is -2.34. The Balaban J connectivity index is 0.000000168. The lowest BCUT2D eigenvalue weighted by Crippen LogP contribution is -2.41. The van der Waals surface area contributed by atoms with Gasteiger partial charge in [-0.05, 0) is 63.0 Å². The summed E-state index contributed by atoms with van der Waals surface area (Å²) in [7, 11) is 0. The second kappa shape index (κ2) is 11.5. The number of nitrogens with two attached hydrogens (primary N) is 2. The van der Waals surface area contributed by atoms with Crippen LogP contribution in [0.15, 0.2) is 69.5 Å². The first-order chi connectivity index (χ1) is 17.6. The number of benzene rings is 2. The number of rotatable bonds is 4. The van der Waals surface area contributed by atoms with Gasteiger partial charge in [-0.25, -0.2) is 0 Å². The Morgan fingerprint density at radius 1 is 0.568 bits per heavy atom. The van der Waals surface area contributed by atoms with Crippen molar-refractivity contribution in [2.24, 2.45) is 0 Å². The number of anilines is 2. The number of nitrogens with one attached hydrogen (secondary N) is 2. The molecule has 4 heterocycles. The van der Waals surface area contributed by atoms with Crippen molar-refractivity contribution in [2.45, 2.75) is 36.5 Å². The third kappa shape index (κ3) is 5.33. The fourth-order valence-corrected chi connectivity index (χ4v) is 5.33. The van der Waals surface area contributed by atoms with Crippen LogP contribution in [0.3, 0.4) is 0 Å². The lowest BCUT2D eigenvalue weighted by molar-refractivity contribution is 0.295. The Morgan fingerprint density at radius 3 is 1.22 bits per heavy atom. The zero-order valence-electron chi connectivity index (χ0n) is 20.7. The summed E-state index contributed by atoms with van der Waals surface area (Å²) < 4.78 is 11.0. The van der Waals surface area contributed by atoms with Crippen LogP contribution < -0.4 is 22.1 Å². The molecule has 11 heteroatoms. The van der Waals surface area contributed by atoms with E-state index in [0.29, 0.717) is 11.8 Å². The van der Waals surface area contributed by atoms with Crippen LogP contribution in [0.4, 0.5) is 12.0 Å². The Kier molecular flexibility index (Phi) is 8.17. The van der Waals surface area contributed by atoms with Gasteiger partial charge in [-0.3, -0.25) is 0 Å². The number of aromatic nitrogens is 4. The molecule has 0 amide bonds. The van der Waals surface area contributed by atoms with E-state index < -0.39 is 0 Å². The lowest BCUT2D eigenvalue weighted by atomic mass is 9.73. The molecule has 2 fully saturated rings. The highest BCUT2D eigenvalue weighted by Gasteiger charge is 2.41. The van der Waals surface area contributed by atoms with Crippen molar-refractivity contribution in [2.75, 3.05) is 37.6 Å². The van der Waals surface area contributed by atoms with Crippen molar-refractivity contribution in [3.8, 4) is 0 Å². The van der Waals surface area contributed by atoms with Crippen LogP contribution in [0.2, 0.25) is 0 Å². The van der Waals surface area contributed by atoms with Gasteiger partial charge in [0.2, 0.25) is 11.8 Å². The van der Waals surface area contributed by atoms with Crippen LogP contribution >= 0.6 is 0 Å². The maximum atomic E-state index is 5.57. The normalized spacial score (nSPS) is 18.2. The van der Waals surface area contributed by atoms with Gasteiger partial charge in [-0.1, -0.05) is 70.9 Å². The molecule has 2 aliphatic rings. The Bertz CT molecular complexity index is 1140. The number of nitrogens with zero attached hydrogens (tertiary/aromatic N) is 4. The van der Waals surface area contributed by atoms with E-state index in [-0.39, 0.29) is 28.3 Å². The average molecular weight is 507 g/mol. The SMILES string of the molecule is Nc1nnc(C2(c3ccccc3)CCNCC2)o1.Nc1nnc(C2(c3ccccc3)CCNCC2)o1.O. The minimum Gasteiger partial charge on any atom is -0.412 e. The van der Waals surface area contributed by atoms with Gasteiger partial charge in [0.25, 0.3) is 0 Å². The van der Waals surface area contributed by atoms with Crippen LogP contribution in [0.5, 0.6) is 0 Å². The van der Waals surface area contributed by atoms with E-state index in [9.17, 15) is 0 Å². The first kappa shape index (κ1) is 26.3. The van der Waals surface area contributed by atoms with Crippen molar-refractivity contribution in [1.29, 1.82) is 0 Å². The molecule has 8 N–H and O–H groups in total. The number of hydrogen-bond donors (Lipinski definition) is 4. The zero-order valence-corrected chi connectivity index (χ0v) is 20.7. The molecular formula is C26H34N8O3. The molecule has 196 valence electrons. The largest absolute Gasteiger partial charge is 0.412 e. The summed E-state index contributed by atoms with van der Waals surface area (Å²) in [5, 5.41) is 22.6. The molecule has 2 aliphatic heterocycles. The molecule has 0 aliphatic carbocycles. The van der Waals surface area contributed by atoms with Crippen LogP contribution in [0, 0.1) is 0 Å². The second-order valence-corrected chi connectivity index (χ2v) is 9.29. The van der Waals surface area contributed by atoms with E-state index in [1.165, 1.54) is 11.1 Å². The zero-order chi connectivity index (χ0) is 24.8. The van der Waals surface area contributed by atoms with Crippen molar-refractivity contribution in [1.82, 2.24) is 31.0 Å².